The van der Waals surface area contributed by atoms with Crippen molar-refractivity contribution in [3.05, 3.63) is 34.9 Å². The molecule has 1 aliphatic carbocycles. The lowest BCUT2D eigenvalue weighted by Gasteiger charge is -2.32. The van der Waals surface area contributed by atoms with E-state index in [4.69, 9.17) is 11.6 Å². The van der Waals surface area contributed by atoms with Crippen LogP contribution in [0, 0.1) is 5.92 Å². The SMILES string of the molecule is Clc1ccc(CN2CCC(CNC3CC3)CC2)cc1. The summed E-state index contributed by atoms with van der Waals surface area (Å²) < 4.78 is 0. The summed E-state index contributed by atoms with van der Waals surface area (Å²) in [6.07, 6.45) is 5.48. The van der Waals surface area contributed by atoms with E-state index < -0.39 is 0 Å². The van der Waals surface area contributed by atoms with Crippen molar-refractivity contribution in [1.29, 1.82) is 0 Å². The molecule has 3 heteroatoms. The molecule has 1 saturated carbocycles. The van der Waals surface area contributed by atoms with Gasteiger partial charge in [0.15, 0.2) is 0 Å². The molecule has 0 unspecified atom stereocenters. The van der Waals surface area contributed by atoms with Gasteiger partial charge in [0.1, 0.15) is 0 Å². The second-order valence-electron chi connectivity index (χ2n) is 6.03. The highest BCUT2D eigenvalue weighted by molar-refractivity contribution is 6.30. The summed E-state index contributed by atoms with van der Waals surface area (Å²) in [4.78, 5) is 2.57. The molecule has 0 amide bonds. The number of likely N-dealkylation sites (tertiary alicyclic amines) is 1. The summed E-state index contributed by atoms with van der Waals surface area (Å²) >= 11 is 5.92. The van der Waals surface area contributed by atoms with E-state index in [1.54, 1.807) is 0 Å². The third-order valence-corrected chi connectivity index (χ3v) is 4.55. The van der Waals surface area contributed by atoms with Crippen LogP contribution in [0.25, 0.3) is 0 Å². The summed E-state index contributed by atoms with van der Waals surface area (Å²) in [6, 6.07) is 9.12. The van der Waals surface area contributed by atoms with E-state index in [0.29, 0.717) is 0 Å². The second-order valence-corrected chi connectivity index (χ2v) is 6.46. The van der Waals surface area contributed by atoms with Gasteiger partial charge in [-0.05, 0) is 68.9 Å². The molecule has 0 radical (unpaired) electrons. The molecule has 0 atom stereocenters. The average Bonchev–Trinajstić information content (AvgIpc) is 3.25. The van der Waals surface area contributed by atoms with Gasteiger partial charge in [0.05, 0.1) is 0 Å². The standard InChI is InChI=1S/C16H23ClN2/c17-15-3-1-14(2-4-15)12-19-9-7-13(8-10-19)11-18-16-5-6-16/h1-4,13,16,18H,5-12H2. The Morgan fingerprint density at radius 1 is 1.05 bits per heavy atom. The minimum absolute atomic E-state index is 0.827. The fraction of sp³-hybridized carbons (Fsp3) is 0.625. The van der Waals surface area contributed by atoms with Gasteiger partial charge < -0.3 is 5.32 Å². The van der Waals surface area contributed by atoms with Crippen molar-refractivity contribution in [2.45, 2.75) is 38.3 Å². The van der Waals surface area contributed by atoms with Gasteiger partial charge in [0, 0.05) is 17.6 Å². The van der Waals surface area contributed by atoms with E-state index in [-0.39, 0.29) is 0 Å². The van der Waals surface area contributed by atoms with Crippen LogP contribution in [0.1, 0.15) is 31.2 Å². The highest BCUT2D eigenvalue weighted by Gasteiger charge is 2.24. The van der Waals surface area contributed by atoms with Crippen molar-refractivity contribution < 1.29 is 0 Å². The first-order valence-corrected chi connectivity index (χ1v) is 7.87. The fourth-order valence-corrected chi connectivity index (χ4v) is 2.94. The van der Waals surface area contributed by atoms with Gasteiger partial charge in [-0.25, -0.2) is 0 Å². The molecule has 3 rings (SSSR count). The van der Waals surface area contributed by atoms with Gasteiger partial charge in [0.25, 0.3) is 0 Å². The average molecular weight is 279 g/mol. The molecular weight excluding hydrogens is 256 g/mol. The molecule has 1 aromatic rings. The molecular formula is C16H23ClN2. The van der Waals surface area contributed by atoms with E-state index in [0.717, 1.165) is 23.5 Å². The molecule has 1 aliphatic heterocycles. The molecule has 0 bridgehead atoms. The quantitative estimate of drug-likeness (QED) is 0.889. The first-order chi connectivity index (χ1) is 9.29. The van der Waals surface area contributed by atoms with Crippen molar-refractivity contribution in [1.82, 2.24) is 10.2 Å². The van der Waals surface area contributed by atoms with Crippen LogP contribution in [-0.4, -0.2) is 30.6 Å². The number of benzene rings is 1. The number of hydrogen-bond donors (Lipinski definition) is 1. The van der Waals surface area contributed by atoms with Crippen LogP contribution in [-0.2, 0) is 6.54 Å². The van der Waals surface area contributed by atoms with Crippen LogP contribution in [0.15, 0.2) is 24.3 Å². The first kappa shape index (κ1) is 13.4. The topological polar surface area (TPSA) is 15.3 Å². The number of rotatable bonds is 5. The Labute approximate surface area is 121 Å². The van der Waals surface area contributed by atoms with Gasteiger partial charge >= 0.3 is 0 Å². The summed E-state index contributed by atoms with van der Waals surface area (Å²) in [5, 5.41) is 4.49. The summed E-state index contributed by atoms with van der Waals surface area (Å²) in [6.45, 7) is 4.78. The number of nitrogens with one attached hydrogen (secondary N) is 1. The zero-order valence-electron chi connectivity index (χ0n) is 11.4. The normalized spacial score (nSPS) is 21.7. The number of hydrogen-bond acceptors (Lipinski definition) is 2. The Morgan fingerprint density at radius 3 is 2.37 bits per heavy atom. The maximum Gasteiger partial charge on any atom is 0.0406 e. The molecule has 2 aliphatic rings. The predicted molar refractivity (Wildman–Crippen MR) is 80.5 cm³/mol. The van der Waals surface area contributed by atoms with Crippen LogP contribution in [0.2, 0.25) is 5.02 Å². The van der Waals surface area contributed by atoms with Crippen LogP contribution in [0.5, 0.6) is 0 Å². The minimum atomic E-state index is 0.827. The van der Waals surface area contributed by atoms with Gasteiger partial charge in [0.2, 0.25) is 0 Å². The Hall–Kier alpha value is -0.570. The lowest BCUT2D eigenvalue weighted by molar-refractivity contribution is 0.175. The predicted octanol–water partition coefficient (Wildman–Crippen LogP) is 3.30. The molecule has 1 heterocycles. The lowest BCUT2D eigenvalue weighted by atomic mass is 9.96. The second kappa shape index (κ2) is 6.25. The third-order valence-electron chi connectivity index (χ3n) is 4.30. The van der Waals surface area contributed by atoms with Gasteiger partial charge in [-0.1, -0.05) is 23.7 Å². The van der Waals surface area contributed by atoms with E-state index in [2.05, 4.69) is 22.3 Å². The van der Waals surface area contributed by atoms with Crippen molar-refractivity contribution in [3.8, 4) is 0 Å². The van der Waals surface area contributed by atoms with Gasteiger partial charge in [-0.3, -0.25) is 4.90 Å². The highest BCUT2D eigenvalue weighted by atomic mass is 35.5. The maximum absolute atomic E-state index is 5.92. The third kappa shape index (κ3) is 4.20. The molecule has 19 heavy (non-hydrogen) atoms. The molecule has 1 aromatic carbocycles. The summed E-state index contributed by atoms with van der Waals surface area (Å²) in [5.41, 5.74) is 1.37. The smallest absolute Gasteiger partial charge is 0.0406 e. The Morgan fingerprint density at radius 2 is 1.74 bits per heavy atom. The van der Waals surface area contributed by atoms with E-state index in [1.807, 2.05) is 12.1 Å². The van der Waals surface area contributed by atoms with Crippen molar-refractivity contribution >= 4 is 11.6 Å². The van der Waals surface area contributed by atoms with Crippen molar-refractivity contribution in [2.24, 2.45) is 5.92 Å². The zero-order valence-corrected chi connectivity index (χ0v) is 12.2. The lowest BCUT2D eigenvalue weighted by Crippen LogP contribution is -2.37. The van der Waals surface area contributed by atoms with Crippen LogP contribution in [0.3, 0.4) is 0 Å². The Bertz CT molecular complexity index is 392. The monoisotopic (exact) mass is 278 g/mol. The number of nitrogens with zero attached hydrogens (tertiary/aromatic N) is 1. The Balaban J connectivity index is 1.40. The van der Waals surface area contributed by atoms with Crippen LogP contribution >= 0.6 is 11.6 Å². The minimum Gasteiger partial charge on any atom is -0.314 e. The maximum atomic E-state index is 5.92. The summed E-state index contributed by atoms with van der Waals surface area (Å²) in [5.74, 6) is 0.891. The number of halogens is 1. The molecule has 104 valence electrons. The largest absolute Gasteiger partial charge is 0.314 e. The van der Waals surface area contributed by atoms with Crippen molar-refractivity contribution in [3.63, 3.8) is 0 Å². The van der Waals surface area contributed by atoms with Gasteiger partial charge in [-0.15, -0.1) is 0 Å². The van der Waals surface area contributed by atoms with E-state index in [1.165, 1.54) is 50.9 Å². The molecule has 2 fully saturated rings. The molecule has 1 saturated heterocycles. The van der Waals surface area contributed by atoms with Crippen LogP contribution < -0.4 is 5.32 Å². The molecule has 0 aromatic heterocycles. The zero-order chi connectivity index (χ0) is 13.1. The van der Waals surface area contributed by atoms with E-state index in [9.17, 15) is 0 Å². The fourth-order valence-electron chi connectivity index (χ4n) is 2.82. The molecule has 0 spiro atoms. The van der Waals surface area contributed by atoms with Crippen LogP contribution in [0.4, 0.5) is 0 Å². The first-order valence-electron chi connectivity index (χ1n) is 7.50. The molecule has 2 nitrogen and oxygen atoms in total. The molecule has 1 N–H and O–H groups in total. The van der Waals surface area contributed by atoms with Crippen molar-refractivity contribution in [2.75, 3.05) is 19.6 Å². The highest BCUT2D eigenvalue weighted by Crippen LogP contribution is 2.22. The van der Waals surface area contributed by atoms with Gasteiger partial charge in [-0.2, -0.15) is 0 Å². The summed E-state index contributed by atoms with van der Waals surface area (Å²) in [7, 11) is 0. The Kier molecular flexibility index (Phi) is 4.42. The van der Waals surface area contributed by atoms with E-state index >= 15 is 0 Å². The number of piperidine rings is 1.